The van der Waals surface area contributed by atoms with Gasteiger partial charge in [0, 0.05) is 6.54 Å². The number of hydrogen-bond acceptors (Lipinski definition) is 6. The average molecular weight is 193 g/mol. The van der Waals surface area contributed by atoms with Crippen molar-refractivity contribution in [2.75, 3.05) is 13.2 Å². The molecule has 0 aromatic carbocycles. The lowest BCUT2D eigenvalue weighted by Crippen LogP contribution is -2.63. The van der Waals surface area contributed by atoms with Gasteiger partial charge in [-0.15, -0.1) is 0 Å². The first-order valence-corrected chi connectivity index (χ1v) is 4.14. The fraction of sp³-hybridized carbons (Fsp3) is 1.00. The SMILES string of the molecule is OC[C@@H](O)[C@H]1NC[C@@H](O)[C@@H](O)[C@@H]1O. The van der Waals surface area contributed by atoms with Crippen LogP contribution in [0.2, 0.25) is 0 Å². The van der Waals surface area contributed by atoms with Crippen LogP contribution in [0.5, 0.6) is 0 Å². The van der Waals surface area contributed by atoms with Crippen molar-refractivity contribution in [3.63, 3.8) is 0 Å². The molecule has 0 radical (unpaired) electrons. The lowest BCUT2D eigenvalue weighted by atomic mass is 9.93. The lowest BCUT2D eigenvalue weighted by molar-refractivity contribution is -0.118. The van der Waals surface area contributed by atoms with Crippen LogP contribution in [0.3, 0.4) is 0 Å². The van der Waals surface area contributed by atoms with Crippen LogP contribution in [0, 0.1) is 0 Å². The Morgan fingerprint density at radius 1 is 1.23 bits per heavy atom. The van der Waals surface area contributed by atoms with Crippen LogP contribution in [0.4, 0.5) is 0 Å². The van der Waals surface area contributed by atoms with Gasteiger partial charge in [-0.2, -0.15) is 0 Å². The average Bonchev–Trinajstić information content (AvgIpc) is 2.13. The molecule has 0 aromatic heterocycles. The molecule has 1 fully saturated rings. The van der Waals surface area contributed by atoms with Crippen molar-refractivity contribution in [2.45, 2.75) is 30.5 Å². The van der Waals surface area contributed by atoms with E-state index in [0.717, 1.165) is 0 Å². The Morgan fingerprint density at radius 2 is 1.85 bits per heavy atom. The van der Waals surface area contributed by atoms with E-state index in [1.807, 2.05) is 0 Å². The fourth-order valence-corrected chi connectivity index (χ4v) is 1.42. The number of rotatable bonds is 2. The maximum Gasteiger partial charge on any atom is 0.109 e. The molecule has 1 saturated heterocycles. The van der Waals surface area contributed by atoms with E-state index in [1.54, 1.807) is 0 Å². The maximum atomic E-state index is 9.37. The molecule has 0 bridgehead atoms. The molecule has 0 spiro atoms. The van der Waals surface area contributed by atoms with Gasteiger partial charge < -0.3 is 30.8 Å². The second-order valence-corrected chi connectivity index (χ2v) is 3.23. The summed E-state index contributed by atoms with van der Waals surface area (Å²) >= 11 is 0. The standard InChI is InChI=1S/C7H15NO5/c9-2-4(11)5-7(13)6(12)3(10)1-8-5/h3-13H,1-2H2/t3-,4-,5-,6-,7-/m1/s1. The minimum Gasteiger partial charge on any atom is -0.394 e. The third kappa shape index (κ3) is 2.16. The molecule has 13 heavy (non-hydrogen) atoms. The summed E-state index contributed by atoms with van der Waals surface area (Å²) in [6.07, 6.45) is -4.74. The predicted octanol–water partition coefficient (Wildman–Crippen LogP) is -3.61. The second-order valence-electron chi connectivity index (χ2n) is 3.23. The minimum atomic E-state index is -1.28. The molecule has 0 saturated carbocycles. The molecule has 6 nitrogen and oxygen atoms in total. The van der Waals surface area contributed by atoms with Crippen LogP contribution in [-0.2, 0) is 0 Å². The van der Waals surface area contributed by atoms with Crippen LogP contribution in [0.15, 0.2) is 0 Å². The molecule has 5 atom stereocenters. The highest BCUT2D eigenvalue weighted by Gasteiger charge is 2.39. The Labute approximate surface area is 75.4 Å². The van der Waals surface area contributed by atoms with Gasteiger partial charge in [0.05, 0.1) is 24.9 Å². The molecule has 0 aliphatic carbocycles. The largest absolute Gasteiger partial charge is 0.394 e. The molecule has 78 valence electrons. The first-order valence-electron chi connectivity index (χ1n) is 4.14. The number of nitrogens with one attached hydrogen (secondary N) is 1. The summed E-state index contributed by atoms with van der Waals surface area (Å²) in [6.45, 7) is -0.419. The van der Waals surface area contributed by atoms with E-state index in [-0.39, 0.29) is 6.54 Å². The first-order chi connectivity index (χ1) is 6.07. The molecule has 1 heterocycles. The summed E-state index contributed by atoms with van der Waals surface area (Å²) in [4.78, 5) is 0. The lowest BCUT2D eigenvalue weighted by Gasteiger charge is -2.37. The molecule has 0 unspecified atom stereocenters. The zero-order valence-electron chi connectivity index (χ0n) is 7.04. The van der Waals surface area contributed by atoms with E-state index >= 15 is 0 Å². The normalized spacial score (nSPS) is 43.2. The smallest absolute Gasteiger partial charge is 0.109 e. The molecule has 6 N–H and O–H groups in total. The Hall–Kier alpha value is -0.240. The zero-order chi connectivity index (χ0) is 10.0. The van der Waals surface area contributed by atoms with Crippen molar-refractivity contribution >= 4 is 0 Å². The van der Waals surface area contributed by atoms with Crippen molar-refractivity contribution in [1.82, 2.24) is 5.32 Å². The summed E-state index contributed by atoms with van der Waals surface area (Å²) in [5.41, 5.74) is 0. The van der Waals surface area contributed by atoms with Gasteiger partial charge in [-0.05, 0) is 0 Å². The van der Waals surface area contributed by atoms with Crippen LogP contribution in [0.25, 0.3) is 0 Å². The number of β-amino-alcohol motifs (C(OH)–C–C–N with tert-alkyl or cyclic N) is 1. The fourth-order valence-electron chi connectivity index (χ4n) is 1.42. The van der Waals surface area contributed by atoms with Gasteiger partial charge in [0.1, 0.15) is 12.2 Å². The molecular formula is C7H15NO5. The zero-order valence-corrected chi connectivity index (χ0v) is 7.04. The highest BCUT2D eigenvalue weighted by atomic mass is 16.4. The van der Waals surface area contributed by atoms with E-state index < -0.39 is 37.1 Å². The molecule has 1 aliphatic heterocycles. The summed E-state index contributed by atoms with van der Waals surface area (Å²) in [5, 5.41) is 48.1. The number of aliphatic hydroxyl groups is 5. The van der Waals surface area contributed by atoms with E-state index in [4.69, 9.17) is 10.2 Å². The predicted molar refractivity (Wildman–Crippen MR) is 42.9 cm³/mol. The molecule has 0 aromatic rings. The first kappa shape index (κ1) is 10.8. The number of hydrogen-bond donors (Lipinski definition) is 6. The van der Waals surface area contributed by atoms with Crippen molar-refractivity contribution in [1.29, 1.82) is 0 Å². The molecule has 6 heteroatoms. The van der Waals surface area contributed by atoms with Gasteiger partial charge in [-0.25, -0.2) is 0 Å². The summed E-state index contributed by atoms with van der Waals surface area (Å²) in [5.74, 6) is 0. The Balaban J connectivity index is 2.58. The van der Waals surface area contributed by atoms with Crippen LogP contribution in [-0.4, -0.2) is 69.1 Å². The minimum absolute atomic E-state index is 0.0833. The topological polar surface area (TPSA) is 113 Å². The van der Waals surface area contributed by atoms with Crippen molar-refractivity contribution in [3.05, 3.63) is 0 Å². The Bertz CT molecular complexity index is 167. The van der Waals surface area contributed by atoms with Crippen LogP contribution < -0.4 is 5.32 Å². The third-order valence-electron chi connectivity index (χ3n) is 2.28. The highest BCUT2D eigenvalue weighted by Crippen LogP contribution is 2.13. The van der Waals surface area contributed by atoms with E-state index in [9.17, 15) is 15.3 Å². The number of aliphatic hydroxyl groups excluding tert-OH is 5. The Morgan fingerprint density at radius 3 is 2.38 bits per heavy atom. The molecular weight excluding hydrogens is 178 g/mol. The van der Waals surface area contributed by atoms with E-state index in [0.29, 0.717) is 0 Å². The summed E-state index contributed by atoms with van der Waals surface area (Å²) in [6, 6.07) is -0.802. The van der Waals surface area contributed by atoms with Gasteiger partial charge in [-0.1, -0.05) is 0 Å². The molecule has 1 aliphatic rings. The van der Waals surface area contributed by atoms with Crippen molar-refractivity contribution in [3.8, 4) is 0 Å². The molecule has 1 rings (SSSR count). The highest BCUT2D eigenvalue weighted by molar-refractivity contribution is 4.95. The van der Waals surface area contributed by atoms with Gasteiger partial charge in [0.15, 0.2) is 0 Å². The van der Waals surface area contributed by atoms with Gasteiger partial charge in [0.25, 0.3) is 0 Å². The third-order valence-corrected chi connectivity index (χ3v) is 2.28. The van der Waals surface area contributed by atoms with E-state index in [1.165, 1.54) is 0 Å². The molecule has 0 amide bonds. The quantitative estimate of drug-likeness (QED) is 0.270. The van der Waals surface area contributed by atoms with Crippen molar-refractivity contribution < 1.29 is 25.5 Å². The van der Waals surface area contributed by atoms with E-state index in [2.05, 4.69) is 5.32 Å². The van der Waals surface area contributed by atoms with Gasteiger partial charge in [0.2, 0.25) is 0 Å². The monoisotopic (exact) mass is 193 g/mol. The van der Waals surface area contributed by atoms with Gasteiger partial charge in [-0.3, -0.25) is 0 Å². The van der Waals surface area contributed by atoms with Crippen LogP contribution in [0.1, 0.15) is 0 Å². The van der Waals surface area contributed by atoms with Gasteiger partial charge >= 0.3 is 0 Å². The maximum absolute atomic E-state index is 9.37. The van der Waals surface area contributed by atoms with Crippen molar-refractivity contribution in [2.24, 2.45) is 0 Å². The van der Waals surface area contributed by atoms with Crippen LogP contribution >= 0.6 is 0 Å². The Kier molecular flexibility index (Phi) is 3.60. The summed E-state index contributed by atoms with van der Waals surface area (Å²) in [7, 11) is 0. The number of piperidine rings is 1. The summed E-state index contributed by atoms with van der Waals surface area (Å²) < 4.78 is 0. The second kappa shape index (κ2) is 4.32.